The number of rotatable bonds is 2. The molecule has 1 N–H and O–H groups in total. The van der Waals surface area contributed by atoms with Crippen LogP contribution in [0.15, 0.2) is 11.1 Å². The minimum atomic E-state index is 0.125. The van der Waals surface area contributed by atoms with Gasteiger partial charge in [0.15, 0.2) is 0 Å². The molecule has 0 amide bonds. The van der Waals surface area contributed by atoms with Gasteiger partial charge >= 0.3 is 0 Å². The van der Waals surface area contributed by atoms with Crippen molar-refractivity contribution < 1.29 is 10.1 Å². The third-order valence-electron chi connectivity index (χ3n) is 3.88. The third kappa shape index (κ3) is 1.53. The smallest absolute Gasteiger partial charge is 0.104 e. The molecule has 1 aliphatic carbocycles. The van der Waals surface area contributed by atoms with Crippen LogP contribution in [0.3, 0.4) is 0 Å². The highest BCUT2D eigenvalue weighted by Crippen LogP contribution is 2.54. The van der Waals surface area contributed by atoms with Gasteiger partial charge in [0.05, 0.1) is 0 Å². The summed E-state index contributed by atoms with van der Waals surface area (Å²) in [6.45, 7) is 11.4. The zero-order valence-corrected chi connectivity index (χ0v) is 9.27. The van der Waals surface area contributed by atoms with Gasteiger partial charge in [-0.15, -0.1) is 0 Å². The Labute approximate surface area is 80.5 Å². The molecule has 13 heavy (non-hydrogen) atoms. The number of hydrogen-bond acceptors (Lipinski definition) is 2. The molecule has 2 heteroatoms. The predicted octanol–water partition coefficient (Wildman–Crippen LogP) is 3.25. The van der Waals surface area contributed by atoms with Gasteiger partial charge in [0.1, 0.15) is 6.61 Å². The van der Waals surface area contributed by atoms with Gasteiger partial charge in [0, 0.05) is 0 Å². The molecule has 0 heterocycles. The molecule has 0 saturated heterocycles. The Morgan fingerprint density at radius 3 is 2.15 bits per heavy atom. The molecule has 0 spiro atoms. The fraction of sp³-hybridized carbons (Fsp3) is 0.818. The molecule has 0 atom stereocenters. The summed E-state index contributed by atoms with van der Waals surface area (Å²) in [5.74, 6) is 0. The molecule has 0 saturated carbocycles. The lowest BCUT2D eigenvalue weighted by molar-refractivity contribution is -0.236. The summed E-state index contributed by atoms with van der Waals surface area (Å²) < 4.78 is 0. The van der Waals surface area contributed by atoms with Gasteiger partial charge in [0.2, 0.25) is 0 Å². The van der Waals surface area contributed by atoms with Crippen LogP contribution in [0.2, 0.25) is 0 Å². The summed E-state index contributed by atoms with van der Waals surface area (Å²) in [5, 5.41) is 8.51. The highest BCUT2D eigenvalue weighted by molar-refractivity contribution is 5.30. The van der Waals surface area contributed by atoms with E-state index < -0.39 is 0 Å². The molecule has 0 aromatic heterocycles. The highest BCUT2D eigenvalue weighted by atomic mass is 17.1. The maximum absolute atomic E-state index is 8.51. The van der Waals surface area contributed by atoms with Gasteiger partial charge in [-0.25, -0.2) is 4.89 Å². The average Bonchev–Trinajstić information content (AvgIpc) is 2.10. The second-order valence-electron chi connectivity index (χ2n) is 5.22. The second kappa shape index (κ2) is 3.10. The molecule has 76 valence electrons. The predicted molar refractivity (Wildman–Crippen MR) is 53.5 cm³/mol. The van der Waals surface area contributed by atoms with E-state index in [0.717, 1.165) is 6.42 Å². The van der Waals surface area contributed by atoms with Crippen LogP contribution in [-0.2, 0) is 4.89 Å². The Morgan fingerprint density at radius 2 is 1.85 bits per heavy atom. The van der Waals surface area contributed by atoms with E-state index >= 15 is 0 Å². The Hall–Kier alpha value is -0.340. The van der Waals surface area contributed by atoms with Crippen molar-refractivity contribution in [2.45, 2.75) is 41.0 Å². The van der Waals surface area contributed by atoms with E-state index in [1.165, 1.54) is 11.1 Å². The van der Waals surface area contributed by atoms with Crippen molar-refractivity contribution in [1.29, 1.82) is 0 Å². The molecule has 2 nitrogen and oxygen atoms in total. The largest absolute Gasteiger partial charge is 0.251 e. The first kappa shape index (κ1) is 10.7. The lowest BCUT2D eigenvalue weighted by Gasteiger charge is -2.37. The van der Waals surface area contributed by atoms with Gasteiger partial charge in [-0.05, 0) is 29.7 Å². The number of allylic oxidation sites excluding steroid dienone is 1. The zero-order chi connectivity index (χ0) is 10.3. The van der Waals surface area contributed by atoms with Crippen molar-refractivity contribution in [3.8, 4) is 0 Å². The fourth-order valence-electron chi connectivity index (χ4n) is 2.30. The first-order valence-electron chi connectivity index (χ1n) is 4.78. The van der Waals surface area contributed by atoms with E-state index in [-0.39, 0.29) is 10.8 Å². The maximum atomic E-state index is 8.51. The zero-order valence-electron chi connectivity index (χ0n) is 9.27. The molecule has 0 aliphatic heterocycles. The topological polar surface area (TPSA) is 29.5 Å². The van der Waals surface area contributed by atoms with Crippen LogP contribution in [-0.4, -0.2) is 11.9 Å². The van der Waals surface area contributed by atoms with Crippen LogP contribution in [0.5, 0.6) is 0 Å². The Kier molecular flexibility index (Phi) is 2.56. The van der Waals surface area contributed by atoms with Crippen LogP contribution in [0.25, 0.3) is 0 Å². The Balaban J connectivity index is 2.99. The van der Waals surface area contributed by atoms with Crippen molar-refractivity contribution in [2.75, 3.05) is 6.61 Å². The van der Waals surface area contributed by atoms with Crippen molar-refractivity contribution in [2.24, 2.45) is 10.8 Å². The summed E-state index contributed by atoms with van der Waals surface area (Å²) >= 11 is 0. The van der Waals surface area contributed by atoms with Crippen LogP contribution < -0.4 is 0 Å². The van der Waals surface area contributed by atoms with E-state index in [4.69, 9.17) is 5.26 Å². The van der Waals surface area contributed by atoms with Gasteiger partial charge in [-0.1, -0.05) is 33.3 Å². The standard InChI is InChI=1S/C11H20O2/c1-8-6-10(2,3)11(4,5)9(8)7-13-12/h12H,6-7H2,1-5H3. The molecule has 1 aliphatic rings. The molecular weight excluding hydrogens is 164 g/mol. The lowest BCUT2D eigenvalue weighted by atomic mass is 9.67. The monoisotopic (exact) mass is 184 g/mol. The van der Waals surface area contributed by atoms with Crippen molar-refractivity contribution in [1.82, 2.24) is 0 Å². The normalized spacial score (nSPS) is 25.4. The molecule has 0 bridgehead atoms. The van der Waals surface area contributed by atoms with Crippen molar-refractivity contribution in [3.63, 3.8) is 0 Å². The number of hydrogen-bond donors (Lipinski definition) is 1. The molecule has 1 rings (SSSR count). The van der Waals surface area contributed by atoms with Crippen LogP contribution >= 0.6 is 0 Å². The molecule has 0 aromatic rings. The van der Waals surface area contributed by atoms with E-state index in [9.17, 15) is 0 Å². The first-order valence-corrected chi connectivity index (χ1v) is 4.78. The minimum Gasteiger partial charge on any atom is -0.251 e. The Morgan fingerprint density at radius 1 is 1.31 bits per heavy atom. The molecule has 0 unspecified atom stereocenters. The Bertz CT molecular complexity index is 236. The average molecular weight is 184 g/mol. The minimum absolute atomic E-state index is 0.125. The quantitative estimate of drug-likeness (QED) is 0.405. The van der Waals surface area contributed by atoms with Gasteiger partial charge in [-0.3, -0.25) is 5.26 Å². The summed E-state index contributed by atoms with van der Waals surface area (Å²) in [5.41, 5.74) is 3.01. The molecule has 0 fully saturated rings. The van der Waals surface area contributed by atoms with E-state index in [2.05, 4.69) is 39.5 Å². The molecule has 0 aromatic carbocycles. The summed E-state index contributed by atoms with van der Waals surface area (Å²) in [7, 11) is 0. The van der Waals surface area contributed by atoms with Crippen LogP contribution in [0.4, 0.5) is 0 Å². The first-order chi connectivity index (χ1) is 5.83. The van der Waals surface area contributed by atoms with Crippen molar-refractivity contribution >= 4 is 0 Å². The molecule has 0 radical (unpaired) electrons. The summed E-state index contributed by atoms with van der Waals surface area (Å²) in [6.07, 6.45) is 1.10. The second-order valence-corrected chi connectivity index (χ2v) is 5.22. The van der Waals surface area contributed by atoms with Crippen molar-refractivity contribution in [3.05, 3.63) is 11.1 Å². The van der Waals surface area contributed by atoms with Gasteiger partial charge in [0.25, 0.3) is 0 Å². The van der Waals surface area contributed by atoms with Gasteiger partial charge in [-0.2, -0.15) is 0 Å². The van der Waals surface area contributed by atoms with Crippen LogP contribution in [0, 0.1) is 10.8 Å². The van der Waals surface area contributed by atoms with Gasteiger partial charge < -0.3 is 0 Å². The summed E-state index contributed by atoms with van der Waals surface area (Å²) in [4.78, 5) is 4.27. The summed E-state index contributed by atoms with van der Waals surface area (Å²) in [6, 6.07) is 0. The van der Waals surface area contributed by atoms with E-state index in [0.29, 0.717) is 6.61 Å². The third-order valence-corrected chi connectivity index (χ3v) is 3.88. The maximum Gasteiger partial charge on any atom is 0.104 e. The van der Waals surface area contributed by atoms with E-state index in [1.54, 1.807) is 0 Å². The SMILES string of the molecule is CC1=C(COO)C(C)(C)C(C)(C)C1. The van der Waals surface area contributed by atoms with E-state index in [1.807, 2.05) is 0 Å². The van der Waals surface area contributed by atoms with Crippen LogP contribution in [0.1, 0.15) is 41.0 Å². The fourth-order valence-corrected chi connectivity index (χ4v) is 2.30. The molecular formula is C11H20O2. The highest BCUT2D eigenvalue weighted by Gasteiger charge is 2.45. The lowest BCUT2D eigenvalue weighted by Crippen LogP contribution is -2.30.